The minimum Gasteiger partial charge on any atom is -0.435 e. The normalized spacial score (nSPS) is 14.1. The van der Waals surface area contributed by atoms with Crippen LogP contribution in [0.1, 0.15) is 35.2 Å². The summed E-state index contributed by atoms with van der Waals surface area (Å²) in [5, 5.41) is 6.70. The van der Waals surface area contributed by atoms with E-state index >= 15 is 0 Å². The molecule has 1 fully saturated rings. The van der Waals surface area contributed by atoms with Crippen molar-refractivity contribution in [3.05, 3.63) is 72.2 Å². The number of carbonyl (C=O) groups excluding carboxylic acids is 1. The van der Waals surface area contributed by atoms with Crippen molar-refractivity contribution in [2.45, 2.75) is 32.8 Å². The summed E-state index contributed by atoms with van der Waals surface area (Å²) in [4.78, 5) is 23.9. The molecule has 1 aliphatic rings. The van der Waals surface area contributed by atoms with Gasteiger partial charge in [-0.15, -0.1) is 0 Å². The highest BCUT2D eigenvalue weighted by atomic mass is 19.3. The number of nitrogens with one attached hydrogen (secondary N) is 2. The SMILES string of the molecule is Cc1cc(Nc2nccn3c(-c4ccc(OC(F)F)cc4)cnc23)ccc1C(=O)N(C)CCC1CCNCC1. The van der Waals surface area contributed by atoms with Gasteiger partial charge in [-0.3, -0.25) is 9.20 Å². The second-order valence-corrected chi connectivity index (χ2v) is 9.88. The Kier molecular flexibility index (Phi) is 8.02. The molecular formula is C29H32F2N6O2. The Morgan fingerprint density at radius 2 is 1.95 bits per heavy atom. The van der Waals surface area contributed by atoms with Crippen LogP contribution in [0.15, 0.2) is 61.1 Å². The molecule has 2 aromatic carbocycles. The van der Waals surface area contributed by atoms with E-state index in [0.717, 1.165) is 48.6 Å². The molecule has 1 aliphatic heterocycles. The molecule has 2 N–H and O–H groups in total. The molecule has 2 aromatic heterocycles. The van der Waals surface area contributed by atoms with Crippen molar-refractivity contribution >= 4 is 23.1 Å². The predicted molar refractivity (Wildman–Crippen MR) is 147 cm³/mol. The summed E-state index contributed by atoms with van der Waals surface area (Å²) in [5.74, 6) is 1.35. The third-order valence-electron chi connectivity index (χ3n) is 7.20. The molecule has 0 saturated carbocycles. The van der Waals surface area contributed by atoms with E-state index in [9.17, 15) is 13.6 Å². The van der Waals surface area contributed by atoms with Gasteiger partial charge in [0.2, 0.25) is 0 Å². The van der Waals surface area contributed by atoms with Crippen LogP contribution < -0.4 is 15.4 Å². The number of amides is 1. The molecule has 39 heavy (non-hydrogen) atoms. The number of nitrogens with zero attached hydrogens (tertiary/aromatic N) is 4. The first kappa shape index (κ1) is 26.6. The molecule has 10 heteroatoms. The zero-order valence-electron chi connectivity index (χ0n) is 22.0. The van der Waals surface area contributed by atoms with Gasteiger partial charge in [0.05, 0.1) is 11.9 Å². The molecule has 0 bridgehead atoms. The predicted octanol–water partition coefficient (Wildman–Crippen LogP) is 5.51. The van der Waals surface area contributed by atoms with Gasteiger partial charge in [-0.05, 0) is 93.2 Å². The van der Waals surface area contributed by atoms with Crippen LogP contribution in [0.3, 0.4) is 0 Å². The summed E-state index contributed by atoms with van der Waals surface area (Å²) in [7, 11) is 1.87. The van der Waals surface area contributed by atoms with Crippen LogP contribution in [0.5, 0.6) is 5.75 Å². The van der Waals surface area contributed by atoms with E-state index in [1.165, 1.54) is 25.0 Å². The zero-order chi connectivity index (χ0) is 27.4. The fourth-order valence-corrected chi connectivity index (χ4v) is 5.00. The number of fused-ring (bicyclic) bond motifs is 1. The Bertz CT molecular complexity index is 1430. The minimum atomic E-state index is -2.87. The molecule has 204 valence electrons. The Labute approximate surface area is 226 Å². The standard InChI is InChI=1S/C29H32F2N6O2/c1-19-17-22(5-8-24(19)28(38)36(2)15-11-20-9-12-32-13-10-20)35-26-27-34-18-25(37(27)16-14-33-26)21-3-6-23(7-4-21)39-29(30)31/h3-8,14,16-18,20,29,32H,9-13,15H2,1-2H3,(H,33,35). The molecule has 8 nitrogen and oxygen atoms in total. The molecule has 0 aliphatic carbocycles. The summed E-state index contributed by atoms with van der Waals surface area (Å²) >= 11 is 0. The van der Waals surface area contributed by atoms with Gasteiger partial charge in [0, 0.05) is 42.8 Å². The van der Waals surface area contributed by atoms with Gasteiger partial charge < -0.3 is 20.3 Å². The first-order valence-corrected chi connectivity index (χ1v) is 13.1. The number of rotatable bonds is 9. The number of halogens is 2. The van der Waals surface area contributed by atoms with Gasteiger partial charge >= 0.3 is 6.61 Å². The van der Waals surface area contributed by atoms with E-state index in [-0.39, 0.29) is 11.7 Å². The smallest absolute Gasteiger partial charge is 0.387 e. The van der Waals surface area contributed by atoms with Crippen molar-refractivity contribution < 1.29 is 18.3 Å². The summed E-state index contributed by atoms with van der Waals surface area (Å²) in [5.41, 5.74) is 4.53. The molecule has 0 unspecified atom stereocenters. The highest BCUT2D eigenvalue weighted by molar-refractivity contribution is 5.96. The van der Waals surface area contributed by atoms with Crippen LogP contribution in [0.4, 0.5) is 20.3 Å². The van der Waals surface area contributed by atoms with Gasteiger partial charge in [0.15, 0.2) is 11.5 Å². The minimum absolute atomic E-state index is 0.0241. The lowest BCUT2D eigenvalue weighted by atomic mass is 9.94. The molecule has 5 rings (SSSR count). The van der Waals surface area contributed by atoms with Gasteiger partial charge in [-0.1, -0.05) is 0 Å². The topological polar surface area (TPSA) is 83.8 Å². The zero-order valence-corrected chi connectivity index (χ0v) is 22.0. The largest absolute Gasteiger partial charge is 0.435 e. The lowest BCUT2D eigenvalue weighted by Crippen LogP contribution is -2.32. The Hall–Kier alpha value is -4.05. The Morgan fingerprint density at radius 3 is 2.67 bits per heavy atom. The monoisotopic (exact) mass is 534 g/mol. The van der Waals surface area contributed by atoms with Crippen molar-refractivity contribution in [1.82, 2.24) is 24.6 Å². The van der Waals surface area contributed by atoms with E-state index in [2.05, 4.69) is 25.3 Å². The second kappa shape index (κ2) is 11.8. The van der Waals surface area contributed by atoms with Crippen LogP contribution in [-0.2, 0) is 0 Å². The molecule has 0 atom stereocenters. The summed E-state index contributed by atoms with van der Waals surface area (Å²) < 4.78 is 31.3. The molecule has 1 saturated heterocycles. The van der Waals surface area contributed by atoms with Crippen molar-refractivity contribution in [2.24, 2.45) is 5.92 Å². The first-order chi connectivity index (χ1) is 18.9. The maximum absolute atomic E-state index is 13.1. The number of ether oxygens (including phenoxy) is 1. The number of hydrogen-bond acceptors (Lipinski definition) is 6. The van der Waals surface area contributed by atoms with Gasteiger partial charge in [0.25, 0.3) is 5.91 Å². The van der Waals surface area contributed by atoms with E-state index in [0.29, 0.717) is 22.9 Å². The van der Waals surface area contributed by atoms with Crippen LogP contribution in [-0.4, -0.2) is 58.5 Å². The fraction of sp³-hybridized carbons (Fsp3) is 0.345. The number of carbonyl (C=O) groups is 1. The average Bonchev–Trinajstić information content (AvgIpc) is 3.37. The lowest BCUT2D eigenvalue weighted by Gasteiger charge is -2.25. The molecule has 1 amide bonds. The van der Waals surface area contributed by atoms with Crippen LogP contribution >= 0.6 is 0 Å². The van der Waals surface area contributed by atoms with E-state index < -0.39 is 6.61 Å². The molecule has 3 heterocycles. The van der Waals surface area contributed by atoms with Crippen molar-refractivity contribution in [2.75, 3.05) is 32.0 Å². The van der Waals surface area contributed by atoms with Gasteiger partial charge in [-0.25, -0.2) is 9.97 Å². The summed E-state index contributed by atoms with van der Waals surface area (Å²) in [6, 6.07) is 12.1. The maximum Gasteiger partial charge on any atom is 0.387 e. The van der Waals surface area contributed by atoms with E-state index in [1.54, 1.807) is 30.7 Å². The number of hydrogen-bond donors (Lipinski definition) is 2. The van der Waals surface area contributed by atoms with Crippen molar-refractivity contribution in [3.63, 3.8) is 0 Å². The third-order valence-corrected chi connectivity index (χ3v) is 7.20. The summed E-state index contributed by atoms with van der Waals surface area (Å²) in [6.45, 7) is 1.93. The number of piperidine rings is 1. The van der Waals surface area contributed by atoms with E-state index in [4.69, 9.17) is 0 Å². The molecule has 4 aromatic rings. The second-order valence-electron chi connectivity index (χ2n) is 9.88. The van der Waals surface area contributed by atoms with E-state index in [1.807, 2.05) is 41.5 Å². The fourth-order valence-electron chi connectivity index (χ4n) is 5.00. The van der Waals surface area contributed by atoms with Gasteiger partial charge in [0.1, 0.15) is 5.75 Å². The summed E-state index contributed by atoms with van der Waals surface area (Å²) in [6.07, 6.45) is 8.53. The number of benzene rings is 2. The number of aromatic nitrogens is 3. The molecular weight excluding hydrogens is 502 g/mol. The van der Waals surface area contributed by atoms with Crippen LogP contribution in [0, 0.1) is 12.8 Å². The molecule has 0 radical (unpaired) electrons. The number of imidazole rings is 1. The van der Waals surface area contributed by atoms with Gasteiger partial charge in [-0.2, -0.15) is 8.78 Å². The quantitative estimate of drug-likeness (QED) is 0.295. The lowest BCUT2D eigenvalue weighted by molar-refractivity contribution is -0.0498. The first-order valence-electron chi connectivity index (χ1n) is 13.1. The van der Waals surface area contributed by atoms with Crippen molar-refractivity contribution in [1.29, 1.82) is 0 Å². The Balaban J connectivity index is 1.29. The van der Waals surface area contributed by atoms with Crippen molar-refractivity contribution in [3.8, 4) is 17.0 Å². The third kappa shape index (κ3) is 6.17. The average molecular weight is 535 g/mol. The molecule has 0 spiro atoms. The van der Waals surface area contributed by atoms with Crippen LogP contribution in [0.2, 0.25) is 0 Å². The number of aryl methyl sites for hydroxylation is 1. The highest BCUT2D eigenvalue weighted by Crippen LogP contribution is 2.28. The van der Waals surface area contributed by atoms with Crippen LogP contribution in [0.25, 0.3) is 16.9 Å². The Morgan fingerprint density at radius 1 is 1.18 bits per heavy atom. The highest BCUT2D eigenvalue weighted by Gasteiger charge is 2.18. The number of anilines is 2. The maximum atomic E-state index is 13.1. The number of alkyl halides is 2.